The zero-order valence-electron chi connectivity index (χ0n) is 15.0. The average molecular weight is 376 g/mol. The molecule has 0 radical (unpaired) electrons. The van der Waals surface area contributed by atoms with Crippen molar-refractivity contribution in [2.45, 2.75) is 24.7 Å². The van der Waals surface area contributed by atoms with Gasteiger partial charge in [-0.3, -0.25) is 9.48 Å². The van der Waals surface area contributed by atoms with E-state index in [1.807, 2.05) is 19.4 Å². The largest absolute Gasteiger partial charge is 0.353 e. The van der Waals surface area contributed by atoms with E-state index < -0.39 is 10.0 Å². The van der Waals surface area contributed by atoms with E-state index in [0.717, 1.165) is 24.0 Å². The van der Waals surface area contributed by atoms with Crippen molar-refractivity contribution in [3.05, 3.63) is 53.9 Å². The van der Waals surface area contributed by atoms with Gasteiger partial charge in [0, 0.05) is 32.4 Å². The lowest BCUT2D eigenvalue weighted by molar-refractivity contribution is -0.116. The van der Waals surface area contributed by atoms with Crippen molar-refractivity contribution in [1.82, 2.24) is 19.8 Å². The Labute approximate surface area is 154 Å². The second-order valence-corrected chi connectivity index (χ2v) is 7.59. The van der Waals surface area contributed by atoms with Crippen LogP contribution in [0.2, 0.25) is 0 Å². The maximum atomic E-state index is 11.9. The normalized spacial score (nSPS) is 11.8. The van der Waals surface area contributed by atoms with Crippen LogP contribution in [0.1, 0.15) is 24.5 Å². The number of carbonyl (C=O) groups excluding carboxylic acids is 1. The Balaban J connectivity index is 1.78. The van der Waals surface area contributed by atoms with Crippen LogP contribution in [0.5, 0.6) is 0 Å². The van der Waals surface area contributed by atoms with Crippen LogP contribution >= 0.6 is 0 Å². The van der Waals surface area contributed by atoms with E-state index >= 15 is 0 Å². The number of carbonyl (C=O) groups is 1. The topological polar surface area (TPSA) is 93.1 Å². The lowest BCUT2D eigenvalue weighted by Gasteiger charge is -2.04. The molecule has 2 rings (SSSR count). The molecule has 0 spiro atoms. The summed E-state index contributed by atoms with van der Waals surface area (Å²) in [6, 6.07) is 6.36. The molecule has 2 N–H and O–H groups in total. The number of aromatic nitrogens is 2. The highest BCUT2D eigenvalue weighted by Gasteiger charge is 2.11. The summed E-state index contributed by atoms with van der Waals surface area (Å²) in [5.41, 5.74) is 1.90. The fourth-order valence-corrected chi connectivity index (χ4v) is 3.41. The molecule has 2 aromatic rings. The van der Waals surface area contributed by atoms with Crippen LogP contribution in [0.25, 0.3) is 6.08 Å². The molecule has 1 aromatic heterocycles. The van der Waals surface area contributed by atoms with Crippen molar-refractivity contribution >= 4 is 22.0 Å². The number of rotatable bonds is 9. The van der Waals surface area contributed by atoms with Gasteiger partial charge in [0.1, 0.15) is 0 Å². The van der Waals surface area contributed by atoms with E-state index in [4.69, 9.17) is 0 Å². The van der Waals surface area contributed by atoms with Crippen LogP contribution < -0.4 is 10.0 Å². The minimum atomic E-state index is -3.45. The number of hydrogen-bond acceptors (Lipinski definition) is 4. The molecule has 140 valence electrons. The number of aryl methyl sites for hydroxylation is 2. The van der Waals surface area contributed by atoms with Crippen LogP contribution in [0.3, 0.4) is 0 Å². The van der Waals surface area contributed by atoms with Gasteiger partial charge in [-0.25, -0.2) is 13.1 Å². The maximum Gasteiger partial charge on any atom is 0.243 e. The molecule has 1 amide bonds. The summed E-state index contributed by atoms with van der Waals surface area (Å²) in [6.07, 6.45) is 8.57. The highest BCUT2D eigenvalue weighted by atomic mass is 32.2. The number of amides is 1. The third-order valence-electron chi connectivity index (χ3n) is 3.65. The molecule has 0 saturated heterocycles. The minimum absolute atomic E-state index is 0.180. The van der Waals surface area contributed by atoms with Crippen molar-refractivity contribution in [3.63, 3.8) is 0 Å². The summed E-state index contributed by atoms with van der Waals surface area (Å²) < 4.78 is 27.9. The smallest absolute Gasteiger partial charge is 0.243 e. The van der Waals surface area contributed by atoms with Crippen molar-refractivity contribution in [3.8, 4) is 0 Å². The second-order valence-electron chi connectivity index (χ2n) is 5.82. The molecule has 0 aliphatic carbocycles. The Morgan fingerprint density at radius 1 is 1.27 bits per heavy atom. The first kappa shape index (κ1) is 19.9. The van der Waals surface area contributed by atoms with Crippen molar-refractivity contribution in [2.24, 2.45) is 7.05 Å². The number of nitrogens with one attached hydrogen (secondary N) is 2. The van der Waals surface area contributed by atoms with Gasteiger partial charge in [0.15, 0.2) is 0 Å². The zero-order valence-corrected chi connectivity index (χ0v) is 15.8. The number of sulfonamides is 1. The fraction of sp³-hybridized carbons (Fsp3) is 0.333. The lowest BCUT2D eigenvalue weighted by atomic mass is 10.2. The lowest BCUT2D eigenvalue weighted by Crippen LogP contribution is -2.23. The van der Waals surface area contributed by atoms with Gasteiger partial charge in [0.2, 0.25) is 15.9 Å². The first-order valence-corrected chi connectivity index (χ1v) is 9.92. The molecule has 0 aliphatic heterocycles. The number of benzene rings is 1. The maximum absolute atomic E-state index is 11.9. The molecule has 7 nitrogen and oxygen atoms in total. The van der Waals surface area contributed by atoms with Gasteiger partial charge >= 0.3 is 0 Å². The summed E-state index contributed by atoms with van der Waals surface area (Å²) in [5.74, 6) is -0.180. The molecule has 8 heteroatoms. The summed E-state index contributed by atoms with van der Waals surface area (Å²) in [5, 5.41) is 6.93. The van der Waals surface area contributed by atoms with Crippen LogP contribution in [0.15, 0.2) is 47.6 Å². The SMILES string of the molecule is CCNS(=O)(=O)c1ccc(/C=C/C(=O)NCCCc2cnn(C)c2)cc1. The first-order valence-electron chi connectivity index (χ1n) is 8.44. The molecular formula is C18H24N4O3S. The standard InChI is InChI=1S/C18H24N4O3S/c1-3-21-26(24,25)17-9-6-15(7-10-17)8-11-18(23)19-12-4-5-16-13-20-22(2)14-16/h6-11,13-14,21H,3-5,12H2,1-2H3,(H,19,23)/b11-8+. The van der Waals surface area contributed by atoms with Crippen LogP contribution in [0, 0.1) is 0 Å². The summed E-state index contributed by atoms with van der Waals surface area (Å²) in [7, 11) is -1.58. The number of nitrogens with zero attached hydrogens (tertiary/aromatic N) is 2. The molecule has 0 saturated carbocycles. The predicted octanol–water partition coefficient (Wildman–Crippen LogP) is 1.48. The number of hydrogen-bond donors (Lipinski definition) is 2. The van der Waals surface area contributed by atoms with Crippen LogP contribution in [-0.4, -0.2) is 37.2 Å². The fourth-order valence-electron chi connectivity index (χ4n) is 2.37. The molecule has 1 heterocycles. The highest BCUT2D eigenvalue weighted by Crippen LogP contribution is 2.11. The third-order valence-corrected chi connectivity index (χ3v) is 5.21. The van der Waals surface area contributed by atoms with Gasteiger partial charge in [-0.2, -0.15) is 5.10 Å². The van der Waals surface area contributed by atoms with Gasteiger partial charge in [0.25, 0.3) is 0 Å². The predicted molar refractivity (Wildman–Crippen MR) is 101 cm³/mol. The Kier molecular flexibility index (Phi) is 7.11. The summed E-state index contributed by atoms with van der Waals surface area (Å²) in [6.45, 7) is 2.65. The van der Waals surface area contributed by atoms with Gasteiger partial charge in [0.05, 0.1) is 11.1 Å². The molecule has 26 heavy (non-hydrogen) atoms. The van der Waals surface area contributed by atoms with Gasteiger partial charge in [-0.05, 0) is 42.2 Å². The van der Waals surface area contributed by atoms with E-state index in [1.165, 1.54) is 18.2 Å². The molecule has 0 atom stereocenters. The average Bonchev–Trinajstić information content (AvgIpc) is 3.02. The Morgan fingerprint density at radius 3 is 2.62 bits per heavy atom. The van der Waals surface area contributed by atoms with Crippen molar-refractivity contribution < 1.29 is 13.2 Å². The molecular weight excluding hydrogens is 352 g/mol. The van der Waals surface area contributed by atoms with Crippen LogP contribution in [-0.2, 0) is 28.3 Å². The molecule has 0 fully saturated rings. The Morgan fingerprint density at radius 2 is 2.00 bits per heavy atom. The molecule has 1 aromatic carbocycles. The van der Waals surface area contributed by atoms with Crippen molar-refractivity contribution in [1.29, 1.82) is 0 Å². The highest BCUT2D eigenvalue weighted by molar-refractivity contribution is 7.89. The van der Waals surface area contributed by atoms with E-state index in [-0.39, 0.29) is 10.8 Å². The summed E-state index contributed by atoms with van der Waals surface area (Å²) >= 11 is 0. The van der Waals surface area contributed by atoms with Crippen LogP contribution in [0.4, 0.5) is 0 Å². The van der Waals surface area contributed by atoms with E-state index in [1.54, 1.807) is 29.8 Å². The first-order chi connectivity index (χ1) is 12.4. The van der Waals surface area contributed by atoms with Gasteiger partial charge < -0.3 is 5.32 Å². The molecule has 0 unspecified atom stereocenters. The molecule has 0 bridgehead atoms. The Hall–Kier alpha value is -2.45. The van der Waals surface area contributed by atoms with E-state index in [0.29, 0.717) is 13.1 Å². The summed E-state index contributed by atoms with van der Waals surface area (Å²) in [4.78, 5) is 12.0. The molecule has 0 aliphatic rings. The van der Waals surface area contributed by atoms with E-state index in [2.05, 4.69) is 15.1 Å². The zero-order chi connectivity index (χ0) is 19.0. The quantitative estimate of drug-likeness (QED) is 0.512. The monoisotopic (exact) mass is 376 g/mol. The minimum Gasteiger partial charge on any atom is -0.353 e. The second kappa shape index (κ2) is 9.30. The van der Waals surface area contributed by atoms with Gasteiger partial charge in [-0.1, -0.05) is 19.1 Å². The Bertz CT molecular complexity index is 855. The third kappa shape index (κ3) is 6.12. The van der Waals surface area contributed by atoms with Crippen molar-refractivity contribution in [2.75, 3.05) is 13.1 Å². The van der Waals surface area contributed by atoms with E-state index in [9.17, 15) is 13.2 Å². The van der Waals surface area contributed by atoms with Gasteiger partial charge in [-0.15, -0.1) is 0 Å².